The second-order valence-corrected chi connectivity index (χ2v) is 6.32. The molecule has 0 atom stereocenters. The van der Waals surface area contributed by atoms with Crippen molar-refractivity contribution >= 4 is 17.2 Å². The number of nitrogens with one attached hydrogen (secondary N) is 1. The first-order valence-electron chi connectivity index (χ1n) is 7.87. The second kappa shape index (κ2) is 6.24. The van der Waals surface area contributed by atoms with Crippen LogP contribution < -0.4 is 5.32 Å². The molecule has 0 aliphatic rings. The molecule has 23 heavy (non-hydrogen) atoms. The molecule has 0 saturated carbocycles. The molecule has 0 aliphatic heterocycles. The van der Waals surface area contributed by atoms with Crippen molar-refractivity contribution in [1.82, 2.24) is 9.38 Å². The molecule has 0 bridgehead atoms. The molecule has 2 aromatic heterocycles. The number of anilines is 1. The third kappa shape index (κ3) is 3.59. The Balaban J connectivity index is 1.87. The molecule has 0 unspecified atom stereocenters. The van der Waals surface area contributed by atoms with Gasteiger partial charge in [-0.2, -0.15) is 0 Å². The van der Waals surface area contributed by atoms with E-state index in [1.807, 2.05) is 54.9 Å². The van der Waals surface area contributed by atoms with E-state index < -0.39 is 0 Å². The molecule has 1 N–H and O–H groups in total. The van der Waals surface area contributed by atoms with Crippen molar-refractivity contribution in [2.45, 2.75) is 27.2 Å². The van der Waals surface area contributed by atoms with Gasteiger partial charge in [0.2, 0.25) is 5.91 Å². The van der Waals surface area contributed by atoms with Gasteiger partial charge in [0.15, 0.2) is 0 Å². The third-order valence-electron chi connectivity index (χ3n) is 3.65. The largest absolute Gasteiger partial charge is 0.326 e. The molecule has 2 heterocycles. The zero-order chi connectivity index (χ0) is 16.4. The number of nitrogens with zero attached hydrogens (tertiary/aromatic N) is 2. The Kier molecular flexibility index (Phi) is 4.15. The third-order valence-corrected chi connectivity index (χ3v) is 3.65. The van der Waals surface area contributed by atoms with Gasteiger partial charge in [0.1, 0.15) is 5.65 Å². The van der Waals surface area contributed by atoms with E-state index in [4.69, 9.17) is 0 Å². The summed E-state index contributed by atoms with van der Waals surface area (Å²) in [5, 5.41) is 2.95. The molecule has 4 nitrogen and oxygen atoms in total. The SMILES string of the molecule is Cc1ccn2cc(-c3cccc(NC(=O)CC(C)C)c3)nc2c1. The van der Waals surface area contributed by atoms with Crippen molar-refractivity contribution in [2.75, 3.05) is 5.32 Å². The van der Waals surface area contributed by atoms with Crippen LogP contribution in [0.1, 0.15) is 25.8 Å². The first kappa shape index (κ1) is 15.3. The topological polar surface area (TPSA) is 46.4 Å². The quantitative estimate of drug-likeness (QED) is 0.781. The minimum absolute atomic E-state index is 0.0442. The fraction of sp³-hybridized carbons (Fsp3) is 0.263. The maximum Gasteiger partial charge on any atom is 0.224 e. The molecule has 0 radical (unpaired) electrons. The van der Waals surface area contributed by atoms with Crippen LogP contribution in [-0.4, -0.2) is 15.3 Å². The van der Waals surface area contributed by atoms with E-state index >= 15 is 0 Å². The second-order valence-electron chi connectivity index (χ2n) is 6.32. The Morgan fingerprint density at radius 1 is 1.26 bits per heavy atom. The van der Waals surface area contributed by atoms with E-state index in [9.17, 15) is 4.79 Å². The number of amides is 1. The number of aromatic nitrogens is 2. The maximum absolute atomic E-state index is 11.9. The van der Waals surface area contributed by atoms with Crippen LogP contribution in [0, 0.1) is 12.8 Å². The minimum atomic E-state index is 0.0442. The fourth-order valence-corrected chi connectivity index (χ4v) is 2.56. The maximum atomic E-state index is 11.9. The molecule has 0 spiro atoms. The Morgan fingerprint density at radius 3 is 2.87 bits per heavy atom. The first-order valence-corrected chi connectivity index (χ1v) is 7.87. The number of benzene rings is 1. The normalized spacial score (nSPS) is 11.1. The van der Waals surface area contributed by atoms with Crippen LogP contribution in [0.3, 0.4) is 0 Å². The number of carbonyl (C=O) groups excluding carboxylic acids is 1. The zero-order valence-electron chi connectivity index (χ0n) is 13.7. The molecule has 4 heteroatoms. The van der Waals surface area contributed by atoms with Crippen LogP contribution in [0.5, 0.6) is 0 Å². The molecule has 0 fully saturated rings. The summed E-state index contributed by atoms with van der Waals surface area (Å²) >= 11 is 0. The molecular formula is C19H21N3O. The van der Waals surface area contributed by atoms with Crippen molar-refractivity contribution in [1.29, 1.82) is 0 Å². The summed E-state index contributed by atoms with van der Waals surface area (Å²) in [6.07, 6.45) is 4.54. The number of carbonyl (C=O) groups is 1. The lowest BCUT2D eigenvalue weighted by Crippen LogP contribution is -2.13. The molecule has 0 saturated heterocycles. The van der Waals surface area contributed by atoms with E-state index in [0.29, 0.717) is 12.3 Å². The van der Waals surface area contributed by atoms with Gasteiger partial charge in [0, 0.05) is 30.1 Å². The Bertz CT molecular complexity index is 849. The summed E-state index contributed by atoms with van der Waals surface area (Å²) in [4.78, 5) is 16.6. The molecular weight excluding hydrogens is 286 g/mol. The predicted molar refractivity (Wildman–Crippen MR) is 93.4 cm³/mol. The number of hydrogen-bond donors (Lipinski definition) is 1. The molecule has 1 amide bonds. The predicted octanol–water partition coefficient (Wildman–Crippen LogP) is 4.29. The van der Waals surface area contributed by atoms with Crippen LogP contribution in [0.15, 0.2) is 48.8 Å². The summed E-state index contributed by atoms with van der Waals surface area (Å²) in [6, 6.07) is 11.9. The van der Waals surface area contributed by atoms with Crippen molar-refractivity contribution in [3.63, 3.8) is 0 Å². The summed E-state index contributed by atoms with van der Waals surface area (Å²) in [7, 11) is 0. The number of aryl methyl sites for hydroxylation is 1. The Labute approximate surface area is 136 Å². The first-order chi connectivity index (χ1) is 11.0. The number of rotatable bonds is 4. The minimum Gasteiger partial charge on any atom is -0.326 e. The van der Waals surface area contributed by atoms with Crippen molar-refractivity contribution in [2.24, 2.45) is 5.92 Å². The van der Waals surface area contributed by atoms with Gasteiger partial charge in [-0.05, 0) is 42.7 Å². The molecule has 1 aromatic carbocycles. The highest BCUT2D eigenvalue weighted by Crippen LogP contribution is 2.23. The standard InChI is InChI=1S/C19H21N3O/c1-13(2)9-19(23)20-16-6-4-5-15(11-16)17-12-22-8-7-14(3)10-18(22)21-17/h4-8,10-13H,9H2,1-3H3,(H,20,23). The average Bonchev–Trinajstić information content (AvgIpc) is 2.89. The summed E-state index contributed by atoms with van der Waals surface area (Å²) in [5.41, 5.74) is 4.81. The summed E-state index contributed by atoms with van der Waals surface area (Å²) in [6.45, 7) is 6.13. The summed E-state index contributed by atoms with van der Waals surface area (Å²) in [5.74, 6) is 0.391. The Hall–Kier alpha value is -2.62. The van der Waals surface area contributed by atoms with Gasteiger partial charge < -0.3 is 9.72 Å². The van der Waals surface area contributed by atoms with E-state index in [1.165, 1.54) is 5.56 Å². The van der Waals surface area contributed by atoms with Gasteiger partial charge in [0.25, 0.3) is 0 Å². The lowest BCUT2D eigenvalue weighted by atomic mass is 10.1. The fourth-order valence-electron chi connectivity index (χ4n) is 2.56. The van der Waals surface area contributed by atoms with Crippen LogP contribution in [0.2, 0.25) is 0 Å². The zero-order valence-corrected chi connectivity index (χ0v) is 13.7. The van der Waals surface area contributed by atoms with Crippen LogP contribution in [0.4, 0.5) is 5.69 Å². The number of imidazole rings is 1. The smallest absolute Gasteiger partial charge is 0.224 e. The van der Waals surface area contributed by atoms with Gasteiger partial charge in [-0.3, -0.25) is 4.79 Å². The van der Waals surface area contributed by atoms with E-state index in [1.54, 1.807) is 0 Å². The van der Waals surface area contributed by atoms with Crippen LogP contribution >= 0.6 is 0 Å². The highest BCUT2D eigenvalue weighted by Gasteiger charge is 2.08. The van der Waals surface area contributed by atoms with E-state index in [0.717, 1.165) is 22.6 Å². The number of pyridine rings is 1. The van der Waals surface area contributed by atoms with Crippen molar-refractivity contribution in [3.8, 4) is 11.3 Å². The summed E-state index contributed by atoms with van der Waals surface area (Å²) < 4.78 is 2.01. The van der Waals surface area contributed by atoms with Gasteiger partial charge in [-0.25, -0.2) is 4.98 Å². The lowest BCUT2D eigenvalue weighted by Gasteiger charge is -2.08. The van der Waals surface area contributed by atoms with Gasteiger partial charge >= 0.3 is 0 Å². The molecule has 0 aliphatic carbocycles. The number of hydrogen-bond acceptors (Lipinski definition) is 2. The van der Waals surface area contributed by atoms with Crippen LogP contribution in [0.25, 0.3) is 16.9 Å². The molecule has 118 valence electrons. The van der Waals surface area contributed by atoms with Crippen molar-refractivity contribution < 1.29 is 4.79 Å². The van der Waals surface area contributed by atoms with Gasteiger partial charge in [-0.1, -0.05) is 26.0 Å². The highest BCUT2D eigenvalue weighted by atomic mass is 16.1. The monoisotopic (exact) mass is 307 g/mol. The average molecular weight is 307 g/mol. The van der Waals surface area contributed by atoms with E-state index in [-0.39, 0.29) is 5.91 Å². The van der Waals surface area contributed by atoms with E-state index in [2.05, 4.69) is 29.4 Å². The van der Waals surface area contributed by atoms with Crippen molar-refractivity contribution in [3.05, 3.63) is 54.4 Å². The Morgan fingerprint density at radius 2 is 2.09 bits per heavy atom. The highest BCUT2D eigenvalue weighted by molar-refractivity contribution is 5.91. The molecule has 3 rings (SSSR count). The van der Waals surface area contributed by atoms with Crippen LogP contribution in [-0.2, 0) is 4.79 Å². The van der Waals surface area contributed by atoms with Gasteiger partial charge in [-0.15, -0.1) is 0 Å². The number of fused-ring (bicyclic) bond motifs is 1. The molecule has 3 aromatic rings. The lowest BCUT2D eigenvalue weighted by molar-refractivity contribution is -0.116. The van der Waals surface area contributed by atoms with Gasteiger partial charge in [0.05, 0.1) is 5.69 Å².